The van der Waals surface area contributed by atoms with E-state index in [1.54, 1.807) is 0 Å². The van der Waals surface area contributed by atoms with Gasteiger partial charge in [-0.15, -0.1) is 0 Å². The minimum Gasteiger partial charge on any atom is -0.480 e. The van der Waals surface area contributed by atoms with Gasteiger partial charge in [0.2, 0.25) is 0 Å². The summed E-state index contributed by atoms with van der Waals surface area (Å²) in [5.41, 5.74) is 4.20. The van der Waals surface area contributed by atoms with E-state index in [1.807, 2.05) is 0 Å². The van der Waals surface area contributed by atoms with Crippen molar-refractivity contribution in [1.82, 2.24) is 5.32 Å². The number of nitrogens with two attached hydrogens (primary N) is 1. The van der Waals surface area contributed by atoms with E-state index in [0.29, 0.717) is 0 Å². The second-order valence-corrected chi connectivity index (χ2v) is 3.27. The topological polar surface area (TPSA) is 113 Å². The van der Waals surface area contributed by atoms with E-state index in [-0.39, 0.29) is 19.4 Å². The molecule has 0 amide bonds. The van der Waals surface area contributed by atoms with E-state index < -0.39 is 23.5 Å². The first kappa shape index (κ1) is 9.94. The monoisotopic (exact) mass is 188 g/mol. The summed E-state index contributed by atoms with van der Waals surface area (Å²) >= 11 is 0. The Morgan fingerprint density at radius 3 is 2.38 bits per heavy atom. The summed E-state index contributed by atoms with van der Waals surface area (Å²) in [6, 6.07) is -0.670. The van der Waals surface area contributed by atoms with Gasteiger partial charge in [0.25, 0.3) is 0 Å². The molecule has 6 heteroatoms. The summed E-state index contributed by atoms with van der Waals surface area (Å²) < 4.78 is 0. The number of carboxylic acids is 2. The SMILES string of the molecule is NC1(C(=O)O)CCC(C(=O)O)NC1. The van der Waals surface area contributed by atoms with Crippen LogP contribution in [0, 0.1) is 0 Å². The minimum absolute atomic E-state index is 0.000694. The highest BCUT2D eigenvalue weighted by Gasteiger charge is 2.39. The molecule has 0 saturated carbocycles. The number of piperidine rings is 1. The fourth-order valence-electron chi connectivity index (χ4n) is 1.29. The van der Waals surface area contributed by atoms with Gasteiger partial charge in [-0.3, -0.25) is 9.59 Å². The van der Waals surface area contributed by atoms with Gasteiger partial charge in [-0.25, -0.2) is 0 Å². The predicted octanol–water partition coefficient (Wildman–Crippen LogP) is -1.39. The number of aliphatic carboxylic acids is 2. The lowest BCUT2D eigenvalue weighted by molar-refractivity contribution is -0.147. The van der Waals surface area contributed by atoms with E-state index in [9.17, 15) is 9.59 Å². The van der Waals surface area contributed by atoms with Crippen LogP contribution >= 0.6 is 0 Å². The molecule has 13 heavy (non-hydrogen) atoms. The molecule has 2 unspecified atom stereocenters. The van der Waals surface area contributed by atoms with E-state index in [1.165, 1.54) is 0 Å². The number of carbonyl (C=O) groups is 2. The summed E-state index contributed by atoms with van der Waals surface area (Å²) in [4.78, 5) is 21.1. The Balaban J connectivity index is 2.56. The van der Waals surface area contributed by atoms with E-state index >= 15 is 0 Å². The lowest BCUT2D eigenvalue weighted by Gasteiger charge is -2.32. The molecule has 2 atom stereocenters. The van der Waals surface area contributed by atoms with Crippen molar-refractivity contribution >= 4 is 11.9 Å². The Kier molecular flexibility index (Phi) is 2.53. The molecule has 0 bridgehead atoms. The molecule has 6 nitrogen and oxygen atoms in total. The second-order valence-electron chi connectivity index (χ2n) is 3.27. The normalized spacial score (nSPS) is 34.1. The first-order valence-electron chi connectivity index (χ1n) is 3.94. The molecule has 1 aliphatic heterocycles. The van der Waals surface area contributed by atoms with Gasteiger partial charge >= 0.3 is 11.9 Å². The minimum atomic E-state index is -1.31. The molecule has 1 rings (SSSR count). The summed E-state index contributed by atoms with van der Waals surface area (Å²) in [7, 11) is 0. The maximum atomic E-state index is 10.6. The fraction of sp³-hybridized carbons (Fsp3) is 0.714. The predicted molar refractivity (Wildman–Crippen MR) is 43.2 cm³/mol. The first-order chi connectivity index (χ1) is 5.96. The van der Waals surface area contributed by atoms with Crippen molar-refractivity contribution in [1.29, 1.82) is 0 Å². The van der Waals surface area contributed by atoms with E-state index in [4.69, 9.17) is 15.9 Å². The Labute approximate surface area is 74.7 Å². The summed E-state index contributed by atoms with van der Waals surface area (Å²) in [6.07, 6.45) is 0.435. The Bertz CT molecular complexity index is 233. The second kappa shape index (κ2) is 3.31. The van der Waals surface area contributed by atoms with Gasteiger partial charge in [-0.2, -0.15) is 0 Å². The fourth-order valence-corrected chi connectivity index (χ4v) is 1.29. The highest BCUT2D eigenvalue weighted by atomic mass is 16.4. The van der Waals surface area contributed by atoms with Crippen LogP contribution in [0.4, 0.5) is 0 Å². The third-order valence-electron chi connectivity index (χ3n) is 2.27. The zero-order valence-electron chi connectivity index (χ0n) is 6.99. The van der Waals surface area contributed by atoms with Crippen LogP contribution in [0.5, 0.6) is 0 Å². The lowest BCUT2D eigenvalue weighted by Crippen LogP contribution is -2.61. The molecular weight excluding hydrogens is 176 g/mol. The van der Waals surface area contributed by atoms with Crippen molar-refractivity contribution in [3.8, 4) is 0 Å². The van der Waals surface area contributed by atoms with Crippen molar-refractivity contribution in [2.24, 2.45) is 5.73 Å². The van der Waals surface area contributed by atoms with Crippen molar-refractivity contribution < 1.29 is 19.8 Å². The smallest absolute Gasteiger partial charge is 0.325 e. The van der Waals surface area contributed by atoms with Crippen LogP contribution in [0.2, 0.25) is 0 Å². The number of hydrogen-bond donors (Lipinski definition) is 4. The van der Waals surface area contributed by atoms with Gasteiger partial charge < -0.3 is 21.3 Å². The molecule has 74 valence electrons. The molecule has 0 spiro atoms. The molecule has 1 aliphatic rings. The van der Waals surface area contributed by atoms with E-state index in [0.717, 1.165) is 0 Å². The maximum absolute atomic E-state index is 10.6. The first-order valence-corrected chi connectivity index (χ1v) is 3.94. The quantitative estimate of drug-likeness (QED) is 0.424. The van der Waals surface area contributed by atoms with Gasteiger partial charge in [0.05, 0.1) is 0 Å². The van der Waals surface area contributed by atoms with Crippen molar-refractivity contribution in [2.45, 2.75) is 24.4 Å². The van der Waals surface area contributed by atoms with Crippen LogP contribution < -0.4 is 11.1 Å². The zero-order chi connectivity index (χ0) is 10.1. The Morgan fingerprint density at radius 2 is 2.08 bits per heavy atom. The summed E-state index contributed by atoms with van der Waals surface area (Å²) in [5.74, 6) is -2.06. The number of hydrogen-bond acceptors (Lipinski definition) is 4. The summed E-state index contributed by atoms with van der Waals surface area (Å²) in [5, 5.41) is 19.9. The number of rotatable bonds is 2. The van der Waals surface area contributed by atoms with Crippen LogP contribution in [0.15, 0.2) is 0 Å². The molecule has 1 fully saturated rings. The third kappa shape index (κ3) is 1.96. The number of carboxylic acid groups (broad SMARTS) is 2. The van der Waals surface area contributed by atoms with Crippen molar-refractivity contribution in [2.75, 3.05) is 6.54 Å². The maximum Gasteiger partial charge on any atom is 0.325 e. The summed E-state index contributed by atoms with van der Waals surface area (Å²) in [6.45, 7) is -0.000694. The third-order valence-corrected chi connectivity index (χ3v) is 2.27. The highest BCUT2D eigenvalue weighted by Crippen LogP contribution is 2.16. The van der Waals surface area contributed by atoms with Crippen LogP contribution in [0.3, 0.4) is 0 Å². The number of nitrogens with one attached hydrogen (secondary N) is 1. The Hall–Kier alpha value is -1.14. The lowest BCUT2D eigenvalue weighted by atomic mass is 9.88. The standard InChI is InChI=1S/C7H12N2O4/c8-7(6(12)13)2-1-4(5(10)11)9-3-7/h4,9H,1-3,8H2,(H,10,11)(H,12,13). The van der Waals surface area contributed by atoms with Crippen LogP contribution in [-0.4, -0.2) is 40.3 Å². The van der Waals surface area contributed by atoms with Gasteiger partial charge in [0, 0.05) is 6.54 Å². The van der Waals surface area contributed by atoms with Gasteiger partial charge in [0.1, 0.15) is 11.6 Å². The molecule has 0 aromatic rings. The van der Waals surface area contributed by atoms with Gasteiger partial charge in [-0.1, -0.05) is 0 Å². The molecule has 0 aliphatic carbocycles. The van der Waals surface area contributed by atoms with Crippen molar-refractivity contribution in [3.63, 3.8) is 0 Å². The molecule has 0 radical (unpaired) electrons. The van der Waals surface area contributed by atoms with Gasteiger partial charge in [0.15, 0.2) is 0 Å². The zero-order valence-corrected chi connectivity index (χ0v) is 6.99. The molecule has 0 aromatic heterocycles. The highest BCUT2D eigenvalue weighted by molar-refractivity contribution is 5.80. The average molecular weight is 188 g/mol. The largest absolute Gasteiger partial charge is 0.480 e. The van der Waals surface area contributed by atoms with Crippen LogP contribution in [0.1, 0.15) is 12.8 Å². The molecule has 0 aromatic carbocycles. The molecular formula is C7H12N2O4. The van der Waals surface area contributed by atoms with E-state index in [2.05, 4.69) is 5.32 Å². The van der Waals surface area contributed by atoms with Crippen LogP contribution in [0.25, 0.3) is 0 Å². The van der Waals surface area contributed by atoms with Gasteiger partial charge in [-0.05, 0) is 12.8 Å². The Morgan fingerprint density at radius 1 is 1.46 bits per heavy atom. The van der Waals surface area contributed by atoms with Crippen LogP contribution in [-0.2, 0) is 9.59 Å². The molecule has 5 N–H and O–H groups in total. The molecule has 1 heterocycles. The molecule has 1 saturated heterocycles. The van der Waals surface area contributed by atoms with Crippen molar-refractivity contribution in [3.05, 3.63) is 0 Å². The average Bonchev–Trinajstić information content (AvgIpc) is 2.04.